The lowest BCUT2D eigenvalue weighted by molar-refractivity contribution is 0.269. The van der Waals surface area contributed by atoms with Crippen LogP contribution in [0.5, 0.6) is 11.5 Å². The molecule has 1 heterocycles. The summed E-state index contributed by atoms with van der Waals surface area (Å²) in [4.78, 5) is 0. The van der Waals surface area contributed by atoms with Crippen LogP contribution in [0.15, 0.2) is 22.8 Å². The first-order valence-corrected chi connectivity index (χ1v) is 5.93. The maximum absolute atomic E-state index is 8.79. The molecule has 104 valence electrons. The molecule has 0 aliphatic rings. The fraction of sp³-hybridized carbons (Fsp3) is 0.286. The average molecular weight is 274 g/mol. The van der Waals surface area contributed by atoms with Crippen molar-refractivity contribution in [2.24, 2.45) is 0 Å². The highest BCUT2D eigenvalue weighted by Crippen LogP contribution is 2.24. The van der Waals surface area contributed by atoms with Gasteiger partial charge in [0.15, 0.2) is 0 Å². The second-order valence-corrected chi connectivity index (χ2v) is 3.91. The third-order valence-corrected chi connectivity index (χ3v) is 2.60. The minimum atomic E-state index is -0.219. The largest absolute Gasteiger partial charge is 0.497 e. The van der Waals surface area contributed by atoms with Crippen molar-refractivity contribution in [1.29, 1.82) is 0 Å². The molecule has 6 nitrogen and oxygen atoms in total. The van der Waals surface area contributed by atoms with E-state index in [1.165, 1.54) is 0 Å². The zero-order valence-corrected chi connectivity index (χ0v) is 11.2. The van der Waals surface area contributed by atoms with E-state index in [2.05, 4.69) is 26.8 Å². The topological polar surface area (TPSA) is 77.6 Å². The number of benzene rings is 1. The molecule has 2 aromatic rings. The summed E-state index contributed by atoms with van der Waals surface area (Å²) < 4.78 is 15.4. The van der Waals surface area contributed by atoms with Gasteiger partial charge < -0.3 is 14.6 Å². The Morgan fingerprint density at radius 3 is 2.85 bits per heavy atom. The van der Waals surface area contributed by atoms with Crippen LogP contribution in [0.3, 0.4) is 0 Å². The molecule has 0 unspecified atom stereocenters. The van der Waals surface area contributed by atoms with E-state index in [1.54, 1.807) is 32.2 Å². The summed E-state index contributed by atoms with van der Waals surface area (Å²) in [5.74, 6) is 6.65. The van der Waals surface area contributed by atoms with Crippen LogP contribution in [-0.4, -0.2) is 29.1 Å². The Balaban J connectivity index is 2.19. The number of hydrogen-bond donors (Lipinski definition) is 1. The van der Waals surface area contributed by atoms with Crippen molar-refractivity contribution in [3.8, 4) is 23.3 Å². The molecule has 20 heavy (non-hydrogen) atoms. The molecule has 0 saturated heterocycles. The standard InChI is InChI=1S/C14H14N2O4/c1-10-13(16-20-15-10)9-19-14-6-5-12(18-2)8-11(14)4-3-7-17/h5-6,8,17H,7,9H2,1-2H3. The molecule has 0 spiro atoms. The summed E-state index contributed by atoms with van der Waals surface area (Å²) in [6, 6.07) is 5.27. The van der Waals surface area contributed by atoms with Gasteiger partial charge in [-0.3, -0.25) is 0 Å². The second kappa shape index (κ2) is 6.59. The van der Waals surface area contributed by atoms with Gasteiger partial charge in [0.2, 0.25) is 0 Å². The van der Waals surface area contributed by atoms with Crippen LogP contribution in [0.2, 0.25) is 0 Å². The van der Waals surface area contributed by atoms with Crippen molar-refractivity contribution in [1.82, 2.24) is 10.3 Å². The number of rotatable bonds is 4. The molecular weight excluding hydrogens is 260 g/mol. The first-order chi connectivity index (χ1) is 9.74. The van der Waals surface area contributed by atoms with Gasteiger partial charge in [0, 0.05) is 0 Å². The summed E-state index contributed by atoms with van der Waals surface area (Å²) >= 11 is 0. The Labute approximate surface area is 116 Å². The van der Waals surface area contributed by atoms with Gasteiger partial charge in [-0.15, -0.1) is 0 Å². The molecule has 0 atom stereocenters. The predicted octanol–water partition coefficient (Wildman–Crippen LogP) is 1.31. The lowest BCUT2D eigenvalue weighted by Gasteiger charge is -2.08. The van der Waals surface area contributed by atoms with Gasteiger partial charge in [-0.2, -0.15) is 0 Å². The Kier molecular flexibility index (Phi) is 4.58. The lowest BCUT2D eigenvalue weighted by atomic mass is 10.2. The Morgan fingerprint density at radius 1 is 1.35 bits per heavy atom. The van der Waals surface area contributed by atoms with E-state index in [1.807, 2.05) is 0 Å². The van der Waals surface area contributed by atoms with Gasteiger partial charge in [0.25, 0.3) is 0 Å². The van der Waals surface area contributed by atoms with Crippen LogP contribution < -0.4 is 9.47 Å². The third-order valence-electron chi connectivity index (χ3n) is 2.60. The van der Waals surface area contributed by atoms with Crippen molar-refractivity contribution in [3.63, 3.8) is 0 Å². The third kappa shape index (κ3) is 3.28. The molecular formula is C14H14N2O4. The summed E-state index contributed by atoms with van der Waals surface area (Å²) in [5, 5.41) is 16.2. The number of aryl methyl sites for hydroxylation is 1. The fourth-order valence-electron chi connectivity index (χ4n) is 1.52. The maximum Gasteiger partial charge on any atom is 0.145 e. The molecule has 1 aromatic heterocycles. The number of methoxy groups -OCH3 is 1. The molecule has 0 amide bonds. The lowest BCUT2D eigenvalue weighted by Crippen LogP contribution is -1.99. The van der Waals surface area contributed by atoms with Crippen LogP contribution in [0, 0.1) is 18.8 Å². The van der Waals surface area contributed by atoms with E-state index in [0.717, 1.165) is 0 Å². The molecule has 0 aliphatic carbocycles. The summed E-state index contributed by atoms with van der Waals surface area (Å²) in [6.45, 7) is 1.80. The predicted molar refractivity (Wildman–Crippen MR) is 70.3 cm³/mol. The van der Waals surface area contributed by atoms with Crippen molar-refractivity contribution < 1.29 is 19.2 Å². The maximum atomic E-state index is 8.79. The van der Waals surface area contributed by atoms with Crippen molar-refractivity contribution in [2.75, 3.05) is 13.7 Å². The van der Waals surface area contributed by atoms with Crippen LogP contribution in [0.4, 0.5) is 0 Å². The minimum absolute atomic E-state index is 0.219. The number of ether oxygens (including phenoxy) is 2. The highest BCUT2D eigenvalue weighted by atomic mass is 16.6. The normalized spacial score (nSPS) is 9.75. The van der Waals surface area contributed by atoms with Crippen LogP contribution >= 0.6 is 0 Å². The highest BCUT2D eigenvalue weighted by Gasteiger charge is 2.08. The molecule has 0 fully saturated rings. The van der Waals surface area contributed by atoms with E-state index in [-0.39, 0.29) is 13.2 Å². The fourth-order valence-corrected chi connectivity index (χ4v) is 1.52. The van der Waals surface area contributed by atoms with Crippen molar-refractivity contribution in [2.45, 2.75) is 13.5 Å². The average Bonchev–Trinajstić information content (AvgIpc) is 2.88. The number of nitrogens with zero attached hydrogens (tertiary/aromatic N) is 2. The molecule has 1 N–H and O–H groups in total. The summed E-state index contributed by atoms with van der Waals surface area (Å²) in [5.41, 5.74) is 1.94. The zero-order valence-electron chi connectivity index (χ0n) is 11.2. The van der Waals surface area contributed by atoms with Crippen molar-refractivity contribution >= 4 is 0 Å². The zero-order chi connectivity index (χ0) is 14.4. The van der Waals surface area contributed by atoms with Gasteiger partial charge in [-0.1, -0.05) is 22.2 Å². The van der Waals surface area contributed by atoms with Crippen LogP contribution in [0.1, 0.15) is 17.0 Å². The molecule has 1 aromatic carbocycles. The molecule has 0 bridgehead atoms. The smallest absolute Gasteiger partial charge is 0.145 e. The van der Waals surface area contributed by atoms with Crippen LogP contribution in [0.25, 0.3) is 0 Å². The van der Waals surface area contributed by atoms with E-state index < -0.39 is 0 Å². The Morgan fingerprint density at radius 2 is 2.20 bits per heavy atom. The van der Waals surface area contributed by atoms with Gasteiger partial charge in [0.1, 0.15) is 36.1 Å². The Bertz CT molecular complexity index is 640. The summed E-state index contributed by atoms with van der Waals surface area (Å²) in [6.07, 6.45) is 0. The van der Waals surface area contributed by atoms with Gasteiger partial charge >= 0.3 is 0 Å². The van der Waals surface area contributed by atoms with Gasteiger partial charge in [0.05, 0.1) is 12.7 Å². The van der Waals surface area contributed by atoms with E-state index >= 15 is 0 Å². The molecule has 0 radical (unpaired) electrons. The number of aromatic nitrogens is 2. The van der Waals surface area contributed by atoms with E-state index in [4.69, 9.17) is 14.6 Å². The van der Waals surface area contributed by atoms with Crippen molar-refractivity contribution in [3.05, 3.63) is 35.2 Å². The highest BCUT2D eigenvalue weighted by molar-refractivity contribution is 5.50. The SMILES string of the molecule is COc1ccc(OCc2nonc2C)c(C#CCO)c1. The van der Waals surface area contributed by atoms with Gasteiger partial charge in [-0.25, -0.2) is 4.63 Å². The molecule has 2 rings (SSSR count). The molecule has 0 aliphatic heterocycles. The first kappa shape index (κ1) is 13.9. The number of hydrogen-bond acceptors (Lipinski definition) is 6. The van der Waals surface area contributed by atoms with Crippen LogP contribution in [-0.2, 0) is 6.61 Å². The van der Waals surface area contributed by atoms with Gasteiger partial charge in [-0.05, 0) is 25.1 Å². The van der Waals surface area contributed by atoms with E-state index in [9.17, 15) is 0 Å². The molecule has 0 saturated carbocycles. The summed E-state index contributed by atoms with van der Waals surface area (Å²) in [7, 11) is 1.57. The number of aliphatic hydroxyl groups is 1. The number of aliphatic hydroxyl groups excluding tert-OH is 1. The quantitative estimate of drug-likeness (QED) is 0.847. The Hall–Kier alpha value is -2.52. The monoisotopic (exact) mass is 274 g/mol. The molecule has 6 heteroatoms. The van der Waals surface area contributed by atoms with E-state index in [0.29, 0.717) is 28.5 Å². The second-order valence-electron chi connectivity index (χ2n) is 3.91. The minimum Gasteiger partial charge on any atom is -0.497 e. The first-order valence-electron chi connectivity index (χ1n) is 5.93.